The van der Waals surface area contributed by atoms with Gasteiger partial charge in [-0.1, -0.05) is 33.6 Å². The number of carbonyl (C=O) groups excluding carboxylic acids is 1. The third-order valence-corrected chi connectivity index (χ3v) is 4.89. The minimum absolute atomic E-state index is 0.291. The van der Waals surface area contributed by atoms with Crippen molar-refractivity contribution >= 4 is 50.4 Å². The highest BCUT2D eigenvalue weighted by Crippen LogP contribution is 2.28. The van der Waals surface area contributed by atoms with E-state index in [1.54, 1.807) is 30.5 Å². The normalized spacial score (nSPS) is 10.9. The van der Waals surface area contributed by atoms with Gasteiger partial charge >= 0.3 is 0 Å². The first kappa shape index (κ1) is 17.7. The lowest BCUT2D eigenvalue weighted by Gasteiger charge is -2.11. The molecular formula is C20H13BrClN3O2. The Morgan fingerprint density at radius 3 is 2.85 bits per heavy atom. The van der Waals surface area contributed by atoms with E-state index in [0.717, 1.165) is 15.6 Å². The van der Waals surface area contributed by atoms with Crippen LogP contribution in [0.15, 0.2) is 63.6 Å². The van der Waals surface area contributed by atoms with Crippen LogP contribution < -0.4 is 5.32 Å². The van der Waals surface area contributed by atoms with Gasteiger partial charge in [0.1, 0.15) is 0 Å². The summed E-state index contributed by atoms with van der Waals surface area (Å²) in [5.74, 6) is 0.153. The number of pyridine rings is 1. The highest BCUT2D eigenvalue weighted by molar-refractivity contribution is 9.10. The number of nitrogens with zero attached hydrogens (tertiary/aromatic N) is 2. The Hall–Kier alpha value is -2.70. The van der Waals surface area contributed by atoms with E-state index in [4.69, 9.17) is 16.0 Å². The summed E-state index contributed by atoms with van der Waals surface area (Å²) >= 11 is 9.51. The van der Waals surface area contributed by atoms with Gasteiger partial charge in [0.2, 0.25) is 5.89 Å². The summed E-state index contributed by atoms with van der Waals surface area (Å²) in [5.41, 5.74) is 3.85. The summed E-state index contributed by atoms with van der Waals surface area (Å²) < 4.78 is 6.54. The fraction of sp³-hybridized carbons (Fsp3) is 0.0500. The number of rotatable bonds is 3. The van der Waals surface area contributed by atoms with Gasteiger partial charge in [-0.2, -0.15) is 4.98 Å². The van der Waals surface area contributed by atoms with Crippen molar-refractivity contribution in [2.75, 3.05) is 5.32 Å². The predicted octanol–water partition coefficient (Wildman–Crippen LogP) is 5.87. The lowest BCUT2D eigenvalue weighted by molar-refractivity contribution is 0.102. The number of aryl methyl sites for hydroxylation is 1. The lowest BCUT2D eigenvalue weighted by Crippen LogP contribution is -2.13. The average molecular weight is 443 g/mol. The van der Waals surface area contributed by atoms with E-state index in [1.165, 1.54) is 0 Å². The molecule has 0 saturated carbocycles. The quantitative estimate of drug-likeness (QED) is 0.431. The van der Waals surface area contributed by atoms with Crippen LogP contribution in [0.1, 0.15) is 15.9 Å². The van der Waals surface area contributed by atoms with Crippen molar-refractivity contribution in [2.45, 2.75) is 6.92 Å². The molecule has 0 atom stereocenters. The van der Waals surface area contributed by atoms with Crippen LogP contribution in [0, 0.1) is 6.92 Å². The minimum atomic E-state index is -0.291. The Bertz CT molecular complexity index is 1140. The highest BCUT2D eigenvalue weighted by Gasteiger charge is 2.15. The molecule has 2 aromatic carbocycles. The maximum absolute atomic E-state index is 12.7. The van der Waals surface area contributed by atoms with Gasteiger partial charge in [-0.15, -0.1) is 0 Å². The van der Waals surface area contributed by atoms with E-state index < -0.39 is 0 Å². The maximum Gasteiger partial charge on any atom is 0.257 e. The summed E-state index contributed by atoms with van der Waals surface area (Å²) in [6.07, 6.45) is 1.66. The molecule has 0 bridgehead atoms. The van der Waals surface area contributed by atoms with Crippen LogP contribution >= 0.6 is 27.5 Å². The van der Waals surface area contributed by atoms with Crippen molar-refractivity contribution < 1.29 is 9.21 Å². The summed E-state index contributed by atoms with van der Waals surface area (Å²) in [7, 11) is 0. The number of hydrogen-bond donors (Lipinski definition) is 1. The molecule has 0 spiro atoms. The first-order valence-corrected chi connectivity index (χ1v) is 9.27. The first-order chi connectivity index (χ1) is 13.0. The number of aromatic nitrogens is 2. The smallest absolute Gasteiger partial charge is 0.257 e. The van der Waals surface area contributed by atoms with Crippen molar-refractivity contribution in [3.63, 3.8) is 0 Å². The van der Waals surface area contributed by atoms with E-state index >= 15 is 0 Å². The highest BCUT2D eigenvalue weighted by atomic mass is 79.9. The van der Waals surface area contributed by atoms with Gasteiger partial charge in [0.05, 0.1) is 10.6 Å². The molecular weight excluding hydrogens is 430 g/mol. The molecule has 27 heavy (non-hydrogen) atoms. The summed E-state index contributed by atoms with van der Waals surface area (Å²) in [5, 5.41) is 3.29. The number of nitrogens with one attached hydrogen (secondary N) is 1. The fourth-order valence-electron chi connectivity index (χ4n) is 2.64. The molecule has 0 aliphatic heterocycles. The Morgan fingerprint density at radius 2 is 2.04 bits per heavy atom. The molecule has 2 heterocycles. The Labute approximate surface area is 168 Å². The third-order valence-electron chi connectivity index (χ3n) is 4.07. The summed E-state index contributed by atoms with van der Waals surface area (Å²) in [6, 6.07) is 14.4. The van der Waals surface area contributed by atoms with Crippen molar-refractivity contribution in [2.24, 2.45) is 0 Å². The van der Waals surface area contributed by atoms with Crippen LogP contribution in [0.4, 0.5) is 5.69 Å². The molecule has 7 heteroatoms. The number of amides is 1. The number of benzene rings is 2. The van der Waals surface area contributed by atoms with E-state index in [1.807, 2.05) is 31.2 Å². The number of anilines is 1. The number of halogens is 2. The Kier molecular flexibility index (Phi) is 4.68. The van der Waals surface area contributed by atoms with Crippen molar-refractivity contribution in [3.8, 4) is 11.5 Å². The number of hydrogen-bond acceptors (Lipinski definition) is 4. The molecule has 0 saturated heterocycles. The molecule has 1 N–H and O–H groups in total. The van der Waals surface area contributed by atoms with Gasteiger partial charge < -0.3 is 9.73 Å². The average Bonchev–Trinajstić information content (AvgIpc) is 3.09. The summed E-state index contributed by atoms with van der Waals surface area (Å²) in [6.45, 7) is 1.91. The molecule has 0 aliphatic carbocycles. The standard InChI is InChI=1S/C20H13BrClN3O2/c1-11-4-5-12(20-25-18-17(27-20)3-2-8-23-18)9-16(11)24-19(26)14-10-13(21)6-7-15(14)22/h2-10H,1H3,(H,24,26). The van der Waals surface area contributed by atoms with E-state index in [0.29, 0.717) is 33.4 Å². The van der Waals surface area contributed by atoms with Crippen molar-refractivity contribution in [3.05, 3.63) is 75.4 Å². The number of carbonyl (C=O) groups is 1. The molecule has 134 valence electrons. The van der Waals surface area contributed by atoms with Crippen LogP contribution in [-0.4, -0.2) is 15.9 Å². The Balaban J connectivity index is 1.68. The molecule has 0 aliphatic rings. The van der Waals surface area contributed by atoms with Gasteiger partial charge in [-0.3, -0.25) is 4.79 Å². The molecule has 2 aromatic heterocycles. The Morgan fingerprint density at radius 1 is 1.19 bits per heavy atom. The molecule has 4 rings (SSSR count). The molecule has 5 nitrogen and oxygen atoms in total. The third kappa shape index (κ3) is 3.59. The fourth-order valence-corrected chi connectivity index (χ4v) is 3.21. The SMILES string of the molecule is Cc1ccc(-c2nc3ncccc3o2)cc1NC(=O)c1cc(Br)ccc1Cl. The number of fused-ring (bicyclic) bond motifs is 1. The minimum Gasteiger partial charge on any atom is -0.434 e. The van der Waals surface area contributed by atoms with Gasteiger partial charge in [0.15, 0.2) is 11.2 Å². The molecule has 0 fully saturated rings. The van der Waals surface area contributed by atoms with Crippen LogP contribution in [-0.2, 0) is 0 Å². The monoisotopic (exact) mass is 441 g/mol. The van der Waals surface area contributed by atoms with Crippen LogP contribution in [0.2, 0.25) is 5.02 Å². The zero-order chi connectivity index (χ0) is 19.0. The molecule has 4 aromatic rings. The van der Waals surface area contributed by atoms with E-state index in [-0.39, 0.29) is 5.91 Å². The van der Waals surface area contributed by atoms with Crippen LogP contribution in [0.3, 0.4) is 0 Å². The van der Waals surface area contributed by atoms with Crippen LogP contribution in [0.25, 0.3) is 22.7 Å². The van der Waals surface area contributed by atoms with E-state index in [2.05, 4.69) is 31.2 Å². The topological polar surface area (TPSA) is 68.0 Å². The van der Waals surface area contributed by atoms with Gasteiger partial charge in [0.25, 0.3) is 5.91 Å². The van der Waals surface area contributed by atoms with Gasteiger partial charge in [-0.25, -0.2) is 4.98 Å². The zero-order valence-electron chi connectivity index (χ0n) is 14.2. The second-order valence-corrected chi connectivity index (χ2v) is 7.28. The van der Waals surface area contributed by atoms with Gasteiger partial charge in [0, 0.05) is 21.9 Å². The predicted molar refractivity (Wildman–Crippen MR) is 109 cm³/mol. The van der Waals surface area contributed by atoms with Gasteiger partial charge in [-0.05, 0) is 55.0 Å². The van der Waals surface area contributed by atoms with E-state index in [9.17, 15) is 4.79 Å². The molecule has 1 amide bonds. The maximum atomic E-state index is 12.7. The van der Waals surface area contributed by atoms with Crippen LogP contribution in [0.5, 0.6) is 0 Å². The van der Waals surface area contributed by atoms with Crippen molar-refractivity contribution in [1.82, 2.24) is 9.97 Å². The first-order valence-electron chi connectivity index (χ1n) is 8.10. The summed E-state index contributed by atoms with van der Waals surface area (Å²) in [4.78, 5) is 21.2. The molecule has 0 unspecified atom stereocenters. The lowest BCUT2D eigenvalue weighted by atomic mass is 10.1. The van der Waals surface area contributed by atoms with Crippen molar-refractivity contribution in [1.29, 1.82) is 0 Å². The second-order valence-electron chi connectivity index (χ2n) is 5.95. The second kappa shape index (κ2) is 7.13. The molecule has 0 radical (unpaired) electrons. The zero-order valence-corrected chi connectivity index (χ0v) is 16.5. The number of oxazole rings is 1. The largest absolute Gasteiger partial charge is 0.434 e.